The summed E-state index contributed by atoms with van der Waals surface area (Å²) in [5.41, 5.74) is 0. The molecule has 1 aromatic rings. The molecule has 16 heavy (non-hydrogen) atoms. The Balaban J connectivity index is 3.42. The summed E-state index contributed by atoms with van der Waals surface area (Å²) in [6.07, 6.45) is 5.24. The maximum Gasteiger partial charge on any atom is 0.148 e. The van der Waals surface area contributed by atoms with Crippen molar-refractivity contribution in [3.05, 3.63) is 29.1 Å². The Bertz CT molecular complexity index is 480. The fraction of sp³-hybridized carbons (Fsp3) is 0.333. The van der Waals surface area contributed by atoms with Gasteiger partial charge in [-0.3, -0.25) is 0 Å². The number of nitrogens with zero attached hydrogens (tertiary/aromatic N) is 2. The standard InChI is InChI=1S/C12H16N2O2/c1-5-11-10(7-9(3)15-4)12(16-6-2)8-13-14-11/h5,7-8H,3,6H2,1-2,4H3/b10-7+,11-5+. The lowest BCUT2D eigenvalue weighted by molar-refractivity contribution is 0.314. The predicted molar refractivity (Wildman–Crippen MR) is 63.2 cm³/mol. The van der Waals surface area contributed by atoms with E-state index in [1.165, 1.54) is 0 Å². The van der Waals surface area contributed by atoms with Crippen molar-refractivity contribution < 1.29 is 9.47 Å². The van der Waals surface area contributed by atoms with Crippen molar-refractivity contribution >= 4 is 12.2 Å². The molecular formula is C12H16N2O2. The minimum absolute atomic E-state index is 0.553. The molecule has 0 atom stereocenters. The van der Waals surface area contributed by atoms with Crippen LogP contribution >= 0.6 is 0 Å². The molecule has 0 bridgehead atoms. The minimum Gasteiger partial charge on any atom is -0.497 e. The van der Waals surface area contributed by atoms with Gasteiger partial charge in [0.1, 0.15) is 11.5 Å². The van der Waals surface area contributed by atoms with Gasteiger partial charge in [-0.25, -0.2) is 0 Å². The normalized spacial score (nSPS) is 12.7. The second-order valence-corrected chi connectivity index (χ2v) is 3.04. The third-order valence-electron chi connectivity index (χ3n) is 2.02. The van der Waals surface area contributed by atoms with Crippen LogP contribution in [0.1, 0.15) is 13.8 Å². The molecule has 0 N–H and O–H groups in total. The number of rotatable bonds is 4. The van der Waals surface area contributed by atoms with Gasteiger partial charge in [-0.15, -0.1) is 0 Å². The van der Waals surface area contributed by atoms with Crippen LogP contribution in [0.5, 0.6) is 5.75 Å². The number of hydrogen-bond donors (Lipinski definition) is 0. The van der Waals surface area contributed by atoms with Crippen LogP contribution in [0.2, 0.25) is 0 Å². The van der Waals surface area contributed by atoms with Crippen molar-refractivity contribution in [2.45, 2.75) is 13.8 Å². The van der Waals surface area contributed by atoms with E-state index in [0.717, 1.165) is 10.6 Å². The lowest BCUT2D eigenvalue weighted by atomic mass is 10.3. The van der Waals surface area contributed by atoms with Crippen LogP contribution in [0.3, 0.4) is 0 Å². The second kappa shape index (κ2) is 5.90. The maximum absolute atomic E-state index is 5.47. The zero-order chi connectivity index (χ0) is 12.0. The van der Waals surface area contributed by atoms with Gasteiger partial charge < -0.3 is 9.47 Å². The van der Waals surface area contributed by atoms with E-state index in [1.807, 2.05) is 19.9 Å². The Morgan fingerprint density at radius 3 is 2.88 bits per heavy atom. The third kappa shape index (κ3) is 2.82. The molecule has 1 aromatic heterocycles. The van der Waals surface area contributed by atoms with Crippen molar-refractivity contribution in [1.82, 2.24) is 10.2 Å². The van der Waals surface area contributed by atoms with Gasteiger partial charge >= 0.3 is 0 Å². The monoisotopic (exact) mass is 220 g/mol. The van der Waals surface area contributed by atoms with Gasteiger partial charge in [0, 0.05) is 5.22 Å². The van der Waals surface area contributed by atoms with E-state index < -0.39 is 0 Å². The molecule has 0 saturated heterocycles. The lowest BCUT2D eigenvalue weighted by Crippen LogP contribution is -2.31. The summed E-state index contributed by atoms with van der Waals surface area (Å²) in [7, 11) is 1.57. The Labute approximate surface area is 94.9 Å². The van der Waals surface area contributed by atoms with Crippen LogP contribution in [0, 0.1) is 0 Å². The molecule has 86 valence electrons. The molecule has 0 aliphatic carbocycles. The first kappa shape index (κ1) is 12.2. The van der Waals surface area contributed by atoms with Crippen LogP contribution in [0.25, 0.3) is 12.2 Å². The molecule has 4 nitrogen and oxygen atoms in total. The number of ether oxygens (including phenoxy) is 2. The zero-order valence-corrected chi connectivity index (χ0v) is 9.86. The van der Waals surface area contributed by atoms with E-state index >= 15 is 0 Å². The zero-order valence-electron chi connectivity index (χ0n) is 9.86. The Hall–Kier alpha value is -1.84. The fourth-order valence-corrected chi connectivity index (χ4v) is 1.24. The minimum atomic E-state index is 0.553. The molecule has 0 aromatic carbocycles. The molecule has 0 aliphatic heterocycles. The van der Waals surface area contributed by atoms with Gasteiger partial charge in [0.15, 0.2) is 0 Å². The van der Waals surface area contributed by atoms with Crippen LogP contribution in [0.15, 0.2) is 18.5 Å². The predicted octanol–water partition coefficient (Wildman–Crippen LogP) is 0.616. The summed E-state index contributed by atoms with van der Waals surface area (Å²) in [5, 5.41) is 9.48. The quantitative estimate of drug-likeness (QED) is 0.698. The van der Waals surface area contributed by atoms with E-state index in [4.69, 9.17) is 9.47 Å². The molecule has 1 rings (SSSR count). The molecule has 0 radical (unpaired) electrons. The summed E-state index contributed by atoms with van der Waals surface area (Å²) in [6.45, 7) is 8.15. The first-order valence-corrected chi connectivity index (χ1v) is 5.08. The number of aromatic nitrogens is 2. The molecule has 0 aliphatic rings. The fourth-order valence-electron chi connectivity index (χ4n) is 1.24. The Kier molecular flexibility index (Phi) is 4.51. The second-order valence-electron chi connectivity index (χ2n) is 3.04. The van der Waals surface area contributed by atoms with E-state index in [1.54, 1.807) is 19.4 Å². The van der Waals surface area contributed by atoms with Crippen molar-refractivity contribution in [3.8, 4) is 5.75 Å². The SMILES string of the molecule is C=C(/C=c1/c(OCC)cnn/c1=C/C)OC. The summed E-state index contributed by atoms with van der Waals surface area (Å²) < 4.78 is 10.5. The van der Waals surface area contributed by atoms with Crippen LogP contribution in [-0.4, -0.2) is 23.9 Å². The summed E-state index contributed by atoms with van der Waals surface area (Å²) >= 11 is 0. The summed E-state index contributed by atoms with van der Waals surface area (Å²) in [6, 6.07) is 0. The average molecular weight is 220 g/mol. The summed E-state index contributed by atoms with van der Waals surface area (Å²) in [4.78, 5) is 0. The topological polar surface area (TPSA) is 44.2 Å². The molecular weight excluding hydrogens is 204 g/mol. The average Bonchev–Trinajstić information content (AvgIpc) is 2.31. The first-order chi connectivity index (χ1) is 7.72. The molecule has 0 unspecified atom stereocenters. The van der Waals surface area contributed by atoms with Crippen LogP contribution < -0.4 is 15.3 Å². The molecule has 4 heteroatoms. The molecule has 0 fully saturated rings. The highest BCUT2D eigenvalue weighted by molar-refractivity contribution is 5.45. The molecule has 0 amide bonds. The van der Waals surface area contributed by atoms with Gasteiger partial charge in [-0.1, -0.05) is 12.7 Å². The van der Waals surface area contributed by atoms with Crippen LogP contribution in [0.4, 0.5) is 0 Å². The van der Waals surface area contributed by atoms with Gasteiger partial charge in [-0.2, -0.15) is 10.2 Å². The molecule has 0 saturated carbocycles. The highest BCUT2D eigenvalue weighted by Crippen LogP contribution is 1.99. The van der Waals surface area contributed by atoms with Gasteiger partial charge in [-0.05, 0) is 19.9 Å². The van der Waals surface area contributed by atoms with Gasteiger partial charge in [0.2, 0.25) is 0 Å². The summed E-state index contributed by atoms with van der Waals surface area (Å²) in [5.74, 6) is 1.24. The highest BCUT2D eigenvalue weighted by atomic mass is 16.5. The van der Waals surface area contributed by atoms with E-state index in [9.17, 15) is 0 Å². The largest absolute Gasteiger partial charge is 0.497 e. The van der Waals surface area contributed by atoms with Crippen LogP contribution in [-0.2, 0) is 4.74 Å². The van der Waals surface area contributed by atoms with E-state index in [-0.39, 0.29) is 0 Å². The number of hydrogen-bond acceptors (Lipinski definition) is 4. The molecule has 0 spiro atoms. The molecule has 1 heterocycles. The van der Waals surface area contributed by atoms with Crippen molar-refractivity contribution in [1.29, 1.82) is 0 Å². The van der Waals surface area contributed by atoms with E-state index in [2.05, 4.69) is 16.8 Å². The third-order valence-corrected chi connectivity index (χ3v) is 2.02. The van der Waals surface area contributed by atoms with Gasteiger partial charge in [0.05, 0.1) is 25.3 Å². The first-order valence-electron chi connectivity index (χ1n) is 5.08. The van der Waals surface area contributed by atoms with Crippen molar-refractivity contribution in [3.63, 3.8) is 0 Å². The van der Waals surface area contributed by atoms with Crippen molar-refractivity contribution in [2.24, 2.45) is 0 Å². The van der Waals surface area contributed by atoms with Crippen molar-refractivity contribution in [2.75, 3.05) is 13.7 Å². The van der Waals surface area contributed by atoms with Gasteiger partial charge in [0.25, 0.3) is 0 Å². The number of allylic oxidation sites excluding steroid dienone is 1. The lowest BCUT2D eigenvalue weighted by Gasteiger charge is -2.03. The Morgan fingerprint density at radius 1 is 1.56 bits per heavy atom. The Morgan fingerprint density at radius 2 is 2.31 bits per heavy atom. The number of methoxy groups -OCH3 is 1. The maximum atomic E-state index is 5.47. The smallest absolute Gasteiger partial charge is 0.148 e. The van der Waals surface area contributed by atoms with E-state index in [0.29, 0.717) is 18.1 Å². The highest BCUT2D eigenvalue weighted by Gasteiger charge is 1.99.